The summed E-state index contributed by atoms with van der Waals surface area (Å²) in [7, 11) is 0. The maximum absolute atomic E-state index is 5.34. The first-order valence-corrected chi connectivity index (χ1v) is 6.00. The predicted molar refractivity (Wildman–Crippen MR) is 71.1 cm³/mol. The molecule has 1 aliphatic rings. The normalized spacial score (nSPS) is 24.6. The van der Waals surface area contributed by atoms with Crippen molar-refractivity contribution in [2.45, 2.75) is 32.4 Å². The van der Waals surface area contributed by atoms with Crippen molar-refractivity contribution in [3.8, 4) is 0 Å². The van der Waals surface area contributed by atoms with Crippen molar-refractivity contribution >= 4 is 23.0 Å². The zero-order chi connectivity index (χ0) is 11.6. The van der Waals surface area contributed by atoms with E-state index in [-0.39, 0.29) is 5.66 Å². The molecule has 0 saturated carbocycles. The molecule has 16 heavy (non-hydrogen) atoms. The van der Waals surface area contributed by atoms with Crippen LogP contribution >= 0.6 is 12.2 Å². The monoisotopic (exact) mass is 235 g/mol. The van der Waals surface area contributed by atoms with Gasteiger partial charge in [0, 0.05) is 0 Å². The minimum absolute atomic E-state index is 0.123. The lowest BCUT2D eigenvalue weighted by Crippen LogP contribution is -2.48. The number of para-hydroxylation sites is 1. The molecule has 0 aromatic heterocycles. The second-order valence-electron chi connectivity index (χ2n) is 4.30. The van der Waals surface area contributed by atoms with Crippen LogP contribution in [0.15, 0.2) is 30.3 Å². The largest absolute Gasteiger partial charge is 0.342 e. The SMILES string of the molecule is CCC[C@]1(C)NC(=S)N(c2ccccc2)N1. The number of hydrazine groups is 1. The Bertz CT molecular complexity index is 379. The second-order valence-corrected chi connectivity index (χ2v) is 4.68. The highest BCUT2D eigenvalue weighted by Crippen LogP contribution is 2.21. The molecule has 1 heterocycles. The standard InChI is InChI=1S/C12H17N3S/c1-3-9-12(2)13-11(16)15(14-12)10-7-5-4-6-8-10/h4-8,14H,3,9H2,1-2H3,(H,13,16)/t12-/m1/s1. The number of benzene rings is 1. The molecule has 1 aliphatic heterocycles. The van der Waals surface area contributed by atoms with Gasteiger partial charge in [0.2, 0.25) is 0 Å². The summed E-state index contributed by atoms with van der Waals surface area (Å²) < 4.78 is 0. The summed E-state index contributed by atoms with van der Waals surface area (Å²) in [4.78, 5) is 0. The Kier molecular flexibility index (Phi) is 3.12. The Morgan fingerprint density at radius 2 is 2.00 bits per heavy atom. The van der Waals surface area contributed by atoms with Crippen LogP contribution in [0, 0.1) is 0 Å². The molecule has 0 unspecified atom stereocenters. The summed E-state index contributed by atoms with van der Waals surface area (Å²) in [5.74, 6) is 0. The van der Waals surface area contributed by atoms with Gasteiger partial charge in [0.25, 0.3) is 0 Å². The smallest absolute Gasteiger partial charge is 0.189 e. The lowest BCUT2D eigenvalue weighted by molar-refractivity contribution is 0.344. The molecule has 86 valence electrons. The van der Waals surface area contributed by atoms with Crippen molar-refractivity contribution in [1.82, 2.24) is 10.7 Å². The van der Waals surface area contributed by atoms with Crippen LogP contribution < -0.4 is 15.8 Å². The van der Waals surface area contributed by atoms with Crippen LogP contribution in [0.1, 0.15) is 26.7 Å². The van der Waals surface area contributed by atoms with Gasteiger partial charge in [-0.1, -0.05) is 31.5 Å². The number of hydrogen-bond donors (Lipinski definition) is 2. The zero-order valence-electron chi connectivity index (χ0n) is 9.66. The van der Waals surface area contributed by atoms with E-state index in [0.29, 0.717) is 0 Å². The molecule has 4 heteroatoms. The fourth-order valence-corrected chi connectivity index (χ4v) is 2.37. The summed E-state index contributed by atoms with van der Waals surface area (Å²) in [5.41, 5.74) is 4.36. The third-order valence-electron chi connectivity index (χ3n) is 2.71. The first kappa shape index (κ1) is 11.4. The third-order valence-corrected chi connectivity index (χ3v) is 2.99. The molecule has 0 amide bonds. The topological polar surface area (TPSA) is 27.3 Å². The molecule has 1 saturated heterocycles. The molecule has 0 spiro atoms. The van der Waals surface area contributed by atoms with Gasteiger partial charge in [-0.25, -0.2) is 5.43 Å². The minimum atomic E-state index is -0.123. The van der Waals surface area contributed by atoms with Gasteiger partial charge in [-0.05, 0) is 37.7 Å². The number of nitrogens with zero attached hydrogens (tertiary/aromatic N) is 1. The van der Waals surface area contributed by atoms with E-state index < -0.39 is 0 Å². The molecule has 2 rings (SSSR count). The minimum Gasteiger partial charge on any atom is -0.342 e. The van der Waals surface area contributed by atoms with Crippen molar-refractivity contribution in [2.24, 2.45) is 0 Å². The van der Waals surface area contributed by atoms with Crippen molar-refractivity contribution in [3.63, 3.8) is 0 Å². The Labute approximate surface area is 102 Å². The predicted octanol–water partition coefficient (Wildman–Crippen LogP) is 2.40. The summed E-state index contributed by atoms with van der Waals surface area (Å²) in [6.45, 7) is 4.30. The van der Waals surface area contributed by atoms with Gasteiger partial charge in [0.05, 0.1) is 5.69 Å². The van der Waals surface area contributed by atoms with Gasteiger partial charge < -0.3 is 5.32 Å². The summed E-state index contributed by atoms with van der Waals surface area (Å²) in [6.07, 6.45) is 2.15. The fraction of sp³-hybridized carbons (Fsp3) is 0.417. The number of thiocarbonyl (C=S) groups is 1. The van der Waals surface area contributed by atoms with E-state index in [2.05, 4.69) is 24.6 Å². The van der Waals surface area contributed by atoms with Crippen LogP contribution in [0.4, 0.5) is 5.69 Å². The van der Waals surface area contributed by atoms with E-state index in [1.807, 2.05) is 35.3 Å². The third kappa shape index (κ3) is 2.18. The average Bonchev–Trinajstić information content (AvgIpc) is 2.56. The van der Waals surface area contributed by atoms with Crippen LogP contribution in [0.3, 0.4) is 0 Å². The van der Waals surface area contributed by atoms with Gasteiger partial charge in [-0.15, -0.1) is 0 Å². The second kappa shape index (κ2) is 4.39. The van der Waals surface area contributed by atoms with Crippen molar-refractivity contribution in [3.05, 3.63) is 30.3 Å². The van der Waals surface area contributed by atoms with E-state index in [4.69, 9.17) is 12.2 Å². The molecule has 1 aromatic rings. The van der Waals surface area contributed by atoms with E-state index in [1.165, 1.54) is 0 Å². The van der Waals surface area contributed by atoms with Crippen LogP contribution in [0.5, 0.6) is 0 Å². The molecule has 1 fully saturated rings. The maximum atomic E-state index is 5.34. The van der Waals surface area contributed by atoms with Gasteiger partial charge >= 0.3 is 0 Å². The lowest BCUT2D eigenvalue weighted by Gasteiger charge is -2.24. The summed E-state index contributed by atoms with van der Waals surface area (Å²) >= 11 is 5.34. The van der Waals surface area contributed by atoms with E-state index >= 15 is 0 Å². The lowest BCUT2D eigenvalue weighted by atomic mass is 10.1. The van der Waals surface area contributed by atoms with E-state index in [0.717, 1.165) is 23.6 Å². The molecule has 3 nitrogen and oxygen atoms in total. The van der Waals surface area contributed by atoms with E-state index in [9.17, 15) is 0 Å². The first-order chi connectivity index (χ1) is 7.64. The van der Waals surface area contributed by atoms with Gasteiger partial charge in [-0.2, -0.15) is 0 Å². The number of nitrogens with one attached hydrogen (secondary N) is 2. The van der Waals surface area contributed by atoms with Gasteiger partial charge in [0.15, 0.2) is 5.11 Å². The van der Waals surface area contributed by atoms with Crippen LogP contribution in [0.25, 0.3) is 0 Å². The van der Waals surface area contributed by atoms with Gasteiger partial charge in [0.1, 0.15) is 5.66 Å². The number of anilines is 1. The molecular formula is C12H17N3S. The van der Waals surface area contributed by atoms with Crippen LogP contribution in [0.2, 0.25) is 0 Å². The van der Waals surface area contributed by atoms with Crippen LogP contribution in [-0.4, -0.2) is 10.8 Å². The first-order valence-electron chi connectivity index (χ1n) is 5.60. The molecule has 2 N–H and O–H groups in total. The van der Waals surface area contributed by atoms with Gasteiger partial charge in [-0.3, -0.25) is 5.01 Å². The quantitative estimate of drug-likeness (QED) is 0.787. The van der Waals surface area contributed by atoms with Crippen LogP contribution in [-0.2, 0) is 0 Å². The highest BCUT2D eigenvalue weighted by atomic mass is 32.1. The maximum Gasteiger partial charge on any atom is 0.189 e. The molecular weight excluding hydrogens is 218 g/mol. The highest BCUT2D eigenvalue weighted by molar-refractivity contribution is 7.80. The fourth-order valence-electron chi connectivity index (χ4n) is 1.99. The zero-order valence-corrected chi connectivity index (χ0v) is 10.5. The molecule has 0 radical (unpaired) electrons. The molecule has 1 atom stereocenters. The van der Waals surface area contributed by atoms with E-state index in [1.54, 1.807) is 0 Å². The Morgan fingerprint density at radius 3 is 2.62 bits per heavy atom. The molecule has 1 aromatic carbocycles. The highest BCUT2D eigenvalue weighted by Gasteiger charge is 2.35. The number of hydrogen-bond acceptors (Lipinski definition) is 2. The van der Waals surface area contributed by atoms with Crippen molar-refractivity contribution in [2.75, 3.05) is 5.01 Å². The average molecular weight is 235 g/mol. The Balaban J connectivity index is 2.17. The Hall–Kier alpha value is -1.13. The summed E-state index contributed by atoms with van der Waals surface area (Å²) in [6, 6.07) is 10.1. The van der Waals surface area contributed by atoms with Crippen molar-refractivity contribution in [1.29, 1.82) is 0 Å². The molecule has 0 aliphatic carbocycles. The summed E-state index contributed by atoms with van der Waals surface area (Å²) in [5, 5.41) is 6.00. The number of rotatable bonds is 3. The molecule has 0 bridgehead atoms. The van der Waals surface area contributed by atoms with Crippen molar-refractivity contribution < 1.29 is 0 Å². The Morgan fingerprint density at radius 1 is 1.31 bits per heavy atom.